The van der Waals surface area contributed by atoms with Crippen LogP contribution in [0.4, 0.5) is 8.78 Å². The van der Waals surface area contributed by atoms with Gasteiger partial charge in [0.2, 0.25) is 0 Å². The first-order valence-electron chi connectivity index (χ1n) is 6.15. The summed E-state index contributed by atoms with van der Waals surface area (Å²) in [7, 11) is 0. The van der Waals surface area contributed by atoms with E-state index in [9.17, 15) is 8.78 Å². The number of rotatable bonds is 9. The number of halogens is 3. The Morgan fingerprint density at radius 2 is 2.20 bits per heavy atom. The second-order valence-electron chi connectivity index (χ2n) is 4.32. The third kappa shape index (κ3) is 6.84. The topological polar surface area (TPSA) is 30.5 Å². The Hall–Kier alpha value is -1.17. The van der Waals surface area contributed by atoms with E-state index in [1.807, 2.05) is 6.92 Å². The van der Waals surface area contributed by atoms with Crippen LogP contribution in [0.2, 0.25) is 5.02 Å². The van der Waals surface area contributed by atoms with E-state index >= 15 is 0 Å². The number of alkyl halides is 2. The van der Waals surface area contributed by atoms with Crippen molar-refractivity contribution >= 4 is 11.6 Å². The van der Waals surface area contributed by atoms with Crippen LogP contribution in [-0.4, -0.2) is 26.4 Å². The molecule has 0 aromatic heterocycles. The number of hydrogen-bond donors (Lipinski definition) is 1. The lowest BCUT2D eigenvalue weighted by molar-refractivity contribution is -0.0505. The van der Waals surface area contributed by atoms with Crippen LogP contribution in [0, 0.1) is 0 Å². The number of hydrogen-bond acceptors (Lipinski definition) is 3. The second kappa shape index (κ2) is 8.89. The fourth-order valence-electron chi connectivity index (χ4n) is 1.51. The molecule has 0 saturated heterocycles. The van der Waals surface area contributed by atoms with Gasteiger partial charge in [-0.2, -0.15) is 8.78 Å². The van der Waals surface area contributed by atoms with Crippen LogP contribution in [0.3, 0.4) is 0 Å². The van der Waals surface area contributed by atoms with Gasteiger partial charge in [-0.3, -0.25) is 0 Å². The van der Waals surface area contributed by atoms with Crippen molar-refractivity contribution in [3.8, 4) is 5.75 Å². The molecule has 3 nitrogen and oxygen atoms in total. The molecule has 1 aromatic rings. The average Bonchev–Trinajstić information content (AvgIpc) is 2.35. The molecule has 0 aliphatic rings. The maximum Gasteiger partial charge on any atom is 0.387 e. The van der Waals surface area contributed by atoms with E-state index in [4.69, 9.17) is 16.3 Å². The maximum atomic E-state index is 12.3. The first kappa shape index (κ1) is 16.9. The summed E-state index contributed by atoms with van der Waals surface area (Å²) in [6, 6.07) is 4.54. The fraction of sp³-hybridized carbons (Fsp3) is 0.429. The molecule has 0 fully saturated rings. The number of benzene rings is 1. The van der Waals surface area contributed by atoms with Gasteiger partial charge in [0, 0.05) is 23.7 Å². The van der Waals surface area contributed by atoms with E-state index in [1.165, 1.54) is 12.1 Å². The van der Waals surface area contributed by atoms with Gasteiger partial charge in [-0.15, -0.1) is 0 Å². The van der Waals surface area contributed by atoms with Crippen LogP contribution in [0.1, 0.15) is 12.5 Å². The quantitative estimate of drug-likeness (QED) is 0.558. The maximum absolute atomic E-state index is 12.3. The van der Waals surface area contributed by atoms with Gasteiger partial charge >= 0.3 is 6.61 Å². The first-order chi connectivity index (χ1) is 9.49. The third-order valence-corrected chi connectivity index (χ3v) is 2.56. The van der Waals surface area contributed by atoms with Gasteiger partial charge in [0.05, 0.1) is 13.2 Å². The molecule has 6 heteroatoms. The minimum atomic E-state index is -2.85. The van der Waals surface area contributed by atoms with Gasteiger partial charge in [0.15, 0.2) is 0 Å². The van der Waals surface area contributed by atoms with E-state index in [0.717, 1.165) is 5.57 Å². The normalized spacial score (nSPS) is 10.8. The van der Waals surface area contributed by atoms with Crippen molar-refractivity contribution in [1.29, 1.82) is 0 Å². The molecule has 0 radical (unpaired) electrons. The zero-order chi connectivity index (χ0) is 15.0. The summed E-state index contributed by atoms with van der Waals surface area (Å²) in [4.78, 5) is 0. The van der Waals surface area contributed by atoms with E-state index < -0.39 is 6.61 Å². The molecular formula is C14H18ClF2NO2. The standard InChI is InChI=1S/C14H18ClF2NO2/c1-10(2)9-19-6-5-18-8-11-7-12(15)3-4-13(11)20-14(16)17/h3-4,7,14,18H,1,5-6,8-9H2,2H3. The smallest absolute Gasteiger partial charge is 0.387 e. The molecule has 0 saturated carbocycles. The van der Waals surface area contributed by atoms with Crippen molar-refractivity contribution in [2.45, 2.75) is 20.1 Å². The highest BCUT2D eigenvalue weighted by Gasteiger charge is 2.09. The van der Waals surface area contributed by atoms with E-state index in [-0.39, 0.29) is 5.75 Å². The summed E-state index contributed by atoms with van der Waals surface area (Å²) in [5.41, 5.74) is 1.53. The predicted octanol–water partition coefficient (Wildman–Crippen LogP) is 3.62. The molecule has 0 aliphatic heterocycles. The summed E-state index contributed by atoms with van der Waals surface area (Å²) in [5.74, 6) is 0.125. The summed E-state index contributed by atoms with van der Waals surface area (Å²) >= 11 is 5.85. The van der Waals surface area contributed by atoms with Crippen LogP contribution in [0.25, 0.3) is 0 Å². The molecule has 0 spiro atoms. The van der Waals surface area contributed by atoms with Crippen molar-refractivity contribution in [2.24, 2.45) is 0 Å². The third-order valence-electron chi connectivity index (χ3n) is 2.33. The van der Waals surface area contributed by atoms with E-state index in [1.54, 1.807) is 6.07 Å². The fourth-order valence-corrected chi connectivity index (χ4v) is 1.71. The van der Waals surface area contributed by atoms with Crippen LogP contribution >= 0.6 is 11.6 Å². The molecule has 1 N–H and O–H groups in total. The summed E-state index contributed by atoms with van der Waals surface area (Å²) in [6.45, 7) is 4.74. The van der Waals surface area contributed by atoms with E-state index in [2.05, 4.69) is 16.6 Å². The highest BCUT2D eigenvalue weighted by Crippen LogP contribution is 2.24. The summed E-state index contributed by atoms with van der Waals surface area (Å²) in [6.07, 6.45) is 0. The van der Waals surface area contributed by atoms with Gasteiger partial charge in [-0.25, -0.2) is 0 Å². The van der Waals surface area contributed by atoms with E-state index in [0.29, 0.717) is 36.9 Å². The van der Waals surface area contributed by atoms with Crippen molar-refractivity contribution in [3.05, 3.63) is 40.9 Å². The lowest BCUT2D eigenvalue weighted by Crippen LogP contribution is -2.20. The average molecular weight is 306 g/mol. The Bertz CT molecular complexity index is 441. The number of nitrogens with one attached hydrogen (secondary N) is 1. The largest absolute Gasteiger partial charge is 0.434 e. The monoisotopic (exact) mass is 305 g/mol. The van der Waals surface area contributed by atoms with Gasteiger partial charge < -0.3 is 14.8 Å². The first-order valence-corrected chi connectivity index (χ1v) is 6.53. The van der Waals surface area contributed by atoms with Crippen molar-refractivity contribution in [1.82, 2.24) is 5.32 Å². The lowest BCUT2D eigenvalue weighted by Gasteiger charge is -2.12. The summed E-state index contributed by atoms with van der Waals surface area (Å²) < 4.78 is 34.3. The van der Waals surface area contributed by atoms with Gasteiger partial charge in [0.1, 0.15) is 5.75 Å². The molecule has 0 heterocycles. The molecule has 20 heavy (non-hydrogen) atoms. The molecule has 0 aliphatic carbocycles. The molecular weight excluding hydrogens is 288 g/mol. The molecule has 0 amide bonds. The minimum Gasteiger partial charge on any atom is -0.434 e. The summed E-state index contributed by atoms with van der Waals surface area (Å²) in [5, 5.41) is 3.55. The number of ether oxygens (including phenoxy) is 2. The van der Waals surface area contributed by atoms with Gasteiger partial charge in [-0.1, -0.05) is 23.8 Å². The SMILES string of the molecule is C=C(C)COCCNCc1cc(Cl)ccc1OC(F)F. The molecule has 112 valence electrons. The van der Waals surface area contributed by atoms with Crippen LogP contribution in [-0.2, 0) is 11.3 Å². The molecule has 0 atom stereocenters. The highest BCUT2D eigenvalue weighted by atomic mass is 35.5. The Morgan fingerprint density at radius 3 is 2.85 bits per heavy atom. The zero-order valence-corrected chi connectivity index (χ0v) is 12.1. The Balaban J connectivity index is 2.41. The van der Waals surface area contributed by atoms with Crippen LogP contribution in [0.5, 0.6) is 5.75 Å². The zero-order valence-electron chi connectivity index (χ0n) is 11.3. The van der Waals surface area contributed by atoms with Crippen molar-refractivity contribution < 1.29 is 18.3 Å². The molecule has 1 rings (SSSR count). The Labute approximate surface area is 122 Å². The van der Waals surface area contributed by atoms with Gasteiger partial charge in [-0.05, 0) is 25.1 Å². The van der Waals surface area contributed by atoms with Crippen LogP contribution < -0.4 is 10.1 Å². The Kier molecular flexibility index (Phi) is 7.51. The van der Waals surface area contributed by atoms with Crippen molar-refractivity contribution in [2.75, 3.05) is 19.8 Å². The van der Waals surface area contributed by atoms with Crippen molar-refractivity contribution in [3.63, 3.8) is 0 Å². The molecule has 1 aromatic carbocycles. The highest BCUT2D eigenvalue weighted by molar-refractivity contribution is 6.30. The molecule has 0 bridgehead atoms. The minimum absolute atomic E-state index is 0.125. The Morgan fingerprint density at radius 1 is 1.45 bits per heavy atom. The predicted molar refractivity (Wildman–Crippen MR) is 75.4 cm³/mol. The second-order valence-corrected chi connectivity index (χ2v) is 4.75. The van der Waals surface area contributed by atoms with Gasteiger partial charge in [0.25, 0.3) is 0 Å². The van der Waals surface area contributed by atoms with Crippen LogP contribution in [0.15, 0.2) is 30.4 Å². The lowest BCUT2D eigenvalue weighted by atomic mass is 10.2. The molecule has 0 unspecified atom stereocenters.